The molecule has 0 amide bonds. The highest BCUT2D eigenvalue weighted by Gasteiger charge is 2.45. The molecule has 7 aliphatic carbocycles. The van der Waals surface area contributed by atoms with Gasteiger partial charge in [0, 0.05) is 11.8 Å². The zero-order valence-electron chi connectivity index (χ0n) is 29.2. The van der Waals surface area contributed by atoms with Crippen molar-refractivity contribution < 1.29 is 0 Å². The maximum absolute atomic E-state index is 4.44. The van der Waals surface area contributed by atoms with Crippen molar-refractivity contribution in [1.82, 2.24) is 0 Å². The molecule has 2 atom stereocenters. The molecule has 0 saturated heterocycles. The van der Waals surface area contributed by atoms with E-state index >= 15 is 0 Å². The second-order valence-electron chi connectivity index (χ2n) is 15.1. The van der Waals surface area contributed by atoms with E-state index < -0.39 is 0 Å². The first kappa shape index (κ1) is 29.3. The fourth-order valence-corrected chi connectivity index (χ4v) is 10.7. The molecular weight excluding hydrogens is 613 g/mol. The lowest BCUT2D eigenvalue weighted by molar-refractivity contribution is 0.655. The van der Waals surface area contributed by atoms with Gasteiger partial charge in [0.1, 0.15) is 0 Å². The maximum atomic E-state index is 4.44. The number of fused-ring (bicyclic) bond motifs is 8. The highest BCUT2D eigenvalue weighted by molar-refractivity contribution is 6.29. The molecule has 7 aliphatic rings. The van der Waals surface area contributed by atoms with Crippen LogP contribution in [0.1, 0.15) is 73.3 Å². The summed E-state index contributed by atoms with van der Waals surface area (Å²) in [6.07, 6.45) is 35.3. The summed E-state index contributed by atoms with van der Waals surface area (Å²) in [5.41, 5.74) is 23.0. The van der Waals surface area contributed by atoms with Gasteiger partial charge in [0.25, 0.3) is 0 Å². The summed E-state index contributed by atoms with van der Waals surface area (Å²) in [6.45, 7) is 6.63. The Morgan fingerprint density at radius 3 is 2.49 bits per heavy atom. The van der Waals surface area contributed by atoms with Crippen LogP contribution in [0.3, 0.4) is 0 Å². The first-order valence-corrected chi connectivity index (χ1v) is 19.0. The lowest BCUT2D eigenvalue weighted by Crippen LogP contribution is -2.22. The molecule has 2 unspecified atom stereocenters. The Hall–Kier alpha value is -5.46. The summed E-state index contributed by atoms with van der Waals surface area (Å²) in [7, 11) is 0. The zero-order chi connectivity index (χ0) is 33.8. The molecule has 0 fully saturated rings. The summed E-state index contributed by atoms with van der Waals surface area (Å²) < 4.78 is 0. The van der Waals surface area contributed by atoms with Crippen LogP contribution in [0.25, 0.3) is 60.5 Å². The van der Waals surface area contributed by atoms with Crippen LogP contribution in [0.15, 0.2) is 156 Å². The van der Waals surface area contributed by atoms with Gasteiger partial charge in [-0.15, -0.1) is 0 Å². The second kappa shape index (κ2) is 11.0. The fraction of sp³-hybridized carbons (Fsp3) is 0.176. The number of rotatable bonds is 4. The van der Waals surface area contributed by atoms with Crippen LogP contribution in [-0.2, 0) is 0 Å². The van der Waals surface area contributed by atoms with E-state index in [0.717, 1.165) is 38.5 Å². The van der Waals surface area contributed by atoms with Crippen molar-refractivity contribution in [3.8, 4) is 11.1 Å². The van der Waals surface area contributed by atoms with Crippen LogP contribution in [-0.4, -0.2) is 0 Å². The van der Waals surface area contributed by atoms with Crippen molar-refractivity contribution in [1.29, 1.82) is 0 Å². The SMILES string of the molecule is C=CC(=CC)c1c2c(c(-c3ccccc3)c3cc4c5c(cccc5c13)C1=C4CCC=C1)C1=CC=CC3C4=C(C=C2C13)CCC(C1=CC=CCC1)=C4. The third-order valence-electron chi connectivity index (χ3n) is 12.8. The molecule has 0 spiro atoms. The predicted molar refractivity (Wildman–Crippen MR) is 219 cm³/mol. The molecule has 0 heteroatoms. The van der Waals surface area contributed by atoms with Gasteiger partial charge in [-0.3, -0.25) is 0 Å². The van der Waals surface area contributed by atoms with E-state index in [1.165, 1.54) is 105 Å². The van der Waals surface area contributed by atoms with Crippen LogP contribution in [0.5, 0.6) is 0 Å². The van der Waals surface area contributed by atoms with Crippen molar-refractivity contribution in [3.05, 3.63) is 184 Å². The monoisotopic (exact) mass is 652 g/mol. The molecule has 0 saturated carbocycles. The van der Waals surface area contributed by atoms with Crippen molar-refractivity contribution in [2.24, 2.45) is 11.8 Å². The number of benzene rings is 4. The molecular formula is C51H40. The van der Waals surface area contributed by atoms with Gasteiger partial charge in [0.2, 0.25) is 0 Å². The Morgan fingerprint density at radius 1 is 0.745 bits per heavy atom. The Kier molecular flexibility index (Phi) is 6.33. The van der Waals surface area contributed by atoms with E-state index in [4.69, 9.17) is 0 Å². The zero-order valence-corrected chi connectivity index (χ0v) is 29.2. The van der Waals surface area contributed by atoms with E-state index in [1.54, 1.807) is 5.57 Å². The predicted octanol–water partition coefficient (Wildman–Crippen LogP) is 13.7. The van der Waals surface area contributed by atoms with E-state index in [2.05, 4.69) is 141 Å². The van der Waals surface area contributed by atoms with Gasteiger partial charge in [0.05, 0.1) is 0 Å². The van der Waals surface area contributed by atoms with Gasteiger partial charge >= 0.3 is 0 Å². The number of allylic oxidation sites excluding steroid dienone is 21. The van der Waals surface area contributed by atoms with E-state index in [9.17, 15) is 0 Å². The van der Waals surface area contributed by atoms with E-state index in [1.807, 2.05) is 0 Å². The summed E-state index contributed by atoms with van der Waals surface area (Å²) >= 11 is 0. The van der Waals surface area contributed by atoms with Gasteiger partial charge in [-0.2, -0.15) is 0 Å². The van der Waals surface area contributed by atoms with Gasteiger partial charge < -0.3 is 0 Å². The van der Waals surface area contributed by atoms with Crippen molar-refractivity contribution in [2.45, 2.75) is 45.4 Å². The highest BCUT2D eigenvalue weighted by atomic mass is 14.5. The average Bonchev–Trinajstić information content (AvgIpc) is 3.69. The largest absolute Gasteiger partial charge is 0.0985 e. The van der Waals surface area contributed by atoms with Gasteiger partial charge in [-0.25, -0.2) is 0 Å². The van der Waals surface area contributed by atoms with Crippen LogP contribution in [0.2, 0.25) is 0 Å². The Balaban J connectivity index is 1.29. The first-order valence-electron chi connectivity index (χ1n) is 19.0. The minimum atomic E-state index is 0.299. The second-order valence-corrected chi connectivity index (χ2v) is 15.1. The maximum Gasteiger partial charge on any atom is 0.0206 e. The standard InChI is InChI=1S/C51H40/c1-3-30(4-2)46-49-39-23-13-21-37-35-19-11-12-20-36(35)42(47(37)39)29-44(49)45(32-17-9-6-10-18-32)50-40-24-14-22-38-41-27-33(31-15-7-5-8-16-31)25-26-34(41)28-43(48(38)40)51(46)50/h3-7,9-11,13-15,17-19,21-24,27-29,38,48H,1,8,12,16,20,25-26H2,2H3. The lowest BCUT2D eigenvalue weighted by atomic mass is 9.68. The van der Waals surface area contributed by atoms with E-state index in [-0.39, 0.29) is 0 Å². The number of hydrogen-bond acceptors (Lipinski definition) is 0. The normalized spacial score (nSPS) is 22.4. The Bertz CT molecular complexity index is 2620. The molecule has 0 radical (unpaired) electrons. The van der Waals surface area contributed by atoms with Crippen LogP contribution in [0.4, 0.5) is 0 Å². The molecule has 244 valence electrons. The van der Waals surface area contributed by atoms with Crippen LogP contribution in [0, 0.1) is 11.8 Å². The third kappa shape index (κ3) is 3.97. The molecule has 11 rings (SSSR count). The molecule has 0 aromatic heterocycles. The minimum Gasteiger partial charge on any atom is -0.0985 e. The van der Waals surface area contributed by atoms with Gasteiger partial charge in [-0.05, 0) is 162 Å². The van der Waals surface area contributed by atoms with Gasteiger partial charge in [0.15, 0.2) is 0 Å². The first-order chi connectivity index (χ1) is 25.2. The average molecular weight is 653 g/mol. The summed E-state index contributed by atoms with van der Waals surface area (Å²) in [5.74, 6) is 0.631. The highest BCUT2D eigenvalue weighted by Crippen LogP contribution is 2.63. The summed E-state index contributed by atoms with van der Waals surface area (Å²) in [6, 6.07) is 20.9. The molecule has 0 bridgehead atoms. The Morgan fingerprint density at radius 2 is 1.65 bits per heavy atom. The molecule has 0 N–H and O–H groups in total. The minimum absolute atomic E-state index is 0.299. The fourth-order valence-electron chi connectivity index (χ4n) is 10.7. The topological polar surface area (TPSA) is 0 Å². The van der Waals surface area contributed by atoms with Crippen molar-refractivity contribution >= 4 is 49.4 Å². The van der Waals surface area contributed by atoms with E-state index in [0.29, 0.717) is 11.8 Å². The lowest BCUT2D eigenvalue weighted by Gasteiger charge is -2.35. The molecule has 4 aromatic carbocycles. The molecule has 0 aliphatic heterocycles. The smallest absolute Gasteiger partial charge is 0.0206 e. The molecule has 0 heterocycles. The molecule has 4 aromatic rings. The number of hydrogen-bond donors (Lipinski definition) is 0. The van der Waals surface area contributed by atoms with Crippen molar-refractivity contribution in [2.75, 3.05) is 0 Å². The van der Waals surface area contributed by atoms with Crippen LogP contribution < -0.4 is 0 Å². The van der Waals surface area contributed by atoms with Crippen LogP contribution >= 0.6 is 0 Å². The summed E-state index contributed by atoms with van der Waals surface area (Å²) in [5, 5.41) is 5.53. The molecule has 0 nitrogen and oxygen atoms in total. The summed E-state index contributed by atoms with van der Waals surface area (Å²) in [4.78, 5) is 0. The Labute approximate surface area is 301 Å². The van der Waals surface area contributed by atoms with Crippen molar-refractivity contribution in [3.63, 3.8) is 0 Å². The molecule has 51 heavy (non-hydrogen) atoms. The van der Waals surface area contributed by atoms with Gasteiger partial charge in [-0.1, -0.05) is 128 Å². The quantitative estimate of drug-likeness (QED) is 0.152. The third-order valence-corrected chi connectivity index (χ3v) is 12.8.